The molecule has 0 aromatic rings. The summed E-state index contributed by atoms with van der Waals surface area (Å²) in [5.74, 6) is -19.2. The topological polar surface area (TPSA) is 65.0 Å². The third-order valence-corrected chi connectivity index (χ3v) is 2.62. The number of carbonyl (C=O) groups is 1. The molecule has 0 aliphatic carbocycles. The van der Waals surface area contributed by atoms with Crippen LogP contribution >= 0.6 is 0 Å². The molecule has 0 bridgehead atoms. The Kier molecular flexibility index (Phi) is 7.68. The summed E-state index contributed by atoms with van der Waals surface area (Å²) < 4.78 is 220. The average molecular weight is 524 g/mol. The van der Waals surface area contributed by atoms with Gasteiger partial charge >= 0.3 is 60.5 Å². The lowest BCUT2D eigenvalue weighted by Crippen LogP contribution is -2.67. The minimum Gasteiger partial charge on any atom is -0.477 e. The predicted octanol–water partition coefficient (Wildman–Crippen LogP) is 5.39. The Morgan fingerprint density at radius 3 is 1.28 bits per heavy atom. The zero-order valence-corrected chi connectivity index (χ0v) is 13.5. The third-order valence-electron chi connectivity index (χ3n) is 2.62. The summed E-state index contributed by atoms with van der Waals surface area (Å²) in [6.07, 6.45) is -41.9. The Hall–Kier alpha value is -2.26. The van der Waals surface area contributed by atoms with Gasteiger partial charge in [0.05, 0.1) is 0 Å². The Balaban J connectivity index is 6.57. The van der Waals surface area contributed by atoms with Gasteiger partial charge in [-0.15, -0.1) is 0 Å². The molecule has 32 heavy (non-hydrogen) atoms. The molecule has 0 aromatic heterocycles. The molecular formula is C10HF17O5. The van der Waals surface area contributed by atoms with Crippen molar-refractivity contribution in [1.82, 2.24) is 0 Å². The van der Waals surface area contributed by atoms with Crippen LogP contribution in [0.25, 0.3) is 0 Å². The maximum absolute atomic E-state index is 13.7. The van der Waals surface area contributed by atoms with Crippen LogP contribution < -0.4 is 0 Å². The van der Waals surface area contributed by atoms with Crippen LogP contribution in [0.1, 0.15) is 0 Å². The molecule has 1 N–H and O–H groups in total. The molecule has 0 saturated heterocycles. The van der Waals surface area contributed by atoms with Gasteiger partial charge in [0, 0.05) is 0 Å². The molecule has 0 aliphatic rings. The van der Waals surface area contributed by atoms with E-state index in [0.29, 0.717) is 0 Å². The van der Waals surface area contributed by atoms with Crippen molar-refractivity contribution in [3.05, 3.63) is 12.1 Å². The molecule has 190 valence electrons. The Morgan fingerprint density at radius 2 is 1.00 bits per heavy atom. The number of hydrogen-bond donors (Lipinski definition) is 1. The van der Waals surface area contributed by atoms with Crippen LogP contribution in [0, 0.1) is 0 Å². The first-order valence-corrected chi connectivity index (χ1v) is 6.37. The maximum Gasteiger partial charge on any atom is 0.495 e. The second kappa shape index (κ2) is 8.26. The monoisotopic (exact) mass is 524 g/mol. The lowest BCUT2D eigenvalue weighted by atomic mass is 10.2. The largest absolute Gasteiger partial charge is 0.495 e. The smallest absolute Gasteiger partial charge is 0.477 e. The number of carboxylic acid groups (broad SMARTS) is 1. The highest BCUT2D eigenvalue weighted by Gasteiger charge is 2.83. The highest BCUT2D eigenvalue weighted by atomic mass is 19.4. The second-order valence-corrected chi connectivity index (χ2v) is 4.88. The van der Waals surface area contributed by atoms with Gasteiger partial charge in [0.25, 0.3) is 0 Å². The van der Waals surface area contributed by atoms with Crippen LogP contribution in [-0.2, 0) is 19.0 Å². The maximum atomic E-state index is 13.7. The molecule has 0 aliphatic heterocycles. The summed E-state index contributed by atoms with van der Waals surface area (Å²) in [6, 6.07) is -4.00. The van der Waals surface area contributed by atoms with Crippen LogP contribution in [0.4, 0.5) is 74.6 Å². The number of carboxylic acids is 1. The van der Waals surface area contributed by atoms with Gasteiger partial charge in [-0.25, -0.2) is 4.79 Å². The molecule has 0 fully saturated rings. The van der Waals surface area contributed by atoms with Gasteiger partial charge < -0.3 is 9.84 Å². The van der Waals surface area contributed by atoms with Gasteiger partial charge in [-0.1, -0.05) is 0 Å². The van der Waals surface area contributed by atoms with E-state index >= 15 is 0 Å². The molecule has 2 atom stereocenters. The van der Waals surface area contributed by atoms with Crippen molar-refractivity contribution >= 4 is 5.97 Å². The minimum absolute atomic E-state index is 1.40. The molecule has 0 rings (SSSR count). The fourth-order valence-corrected chi connectivity index (χ4v) is 1.19. The standard InChI is InChI=1S/C10HF17O5/c11-1(12)2(13)30-9(24,25)10(26,27)32-5(15,7(19,20)21)8(22,23)31-4(14,3(28)29)6(16,17)18/h(H,28,29). The third kappa shape index (κ3) is 5.38. The molecule has 0 saturated carbocycles. The highest BCUT2D eigenvalue weighted by Crippen LogP contribution is 2.54. The quantitative estimate of drug-likeness (QED) is 0.324. The fraction of sp³-hybridized carbons (Fsp3) is 0.700. The van der Waals surface area contributed by atoms with E-state index in [9.17, 15) is 79.4 Å². The molecule has 0 radical (unpaired) electrons. The number of rotatable bonds is 9. The van der Waals surface area contributed by atoms with Gasteiger partial charge in [-0.3, -0.25) is 9.47 Å². The van der Waals surface area contributed by atoms with E-state index in [-0.39, 0.29) is 0 Å². The normalized spacial score (nSPS) is 17.9. The van der Waals surface area contributed by atoms with Crippen LogP contribution in [0.15, 0.2) is 12.1 Å². The lowest BCUT2D eigenvalue weighted by molar-refractivity contribution is -0.552. The summed E-state index contributed by atoms with van der Waals surface area (Å²) in [7, 11) is 0. The van der Waals surface area contributed by atoms with Crippen LogP contribution in [0.5, 0.6) is 0 Å². The summed E-state index contributed by atoms with van der Waals surface area (Å²) in [4.78, 5) is 10.1. The second-order valence-electron chi connectivity index (χ2n) is 4.88. The van der Waals surface area contributed by atoms with E-state index in [1.165, 1.54) is 4.74 Å². The number of halogens is 17. The molecule has 22 heteroatoms. The van der Waals surface area contributed by atoms with Gasteiger partial charge in [0.1, 0.15) is 0 Å². The Bertz CT molecular complexity index is 737. The molecule has 0 amide bonds. The van der Waals surface area contributed by atoms with Crippen LogP contribution in [0.2, 0.25) is 0 Å². The Labute approximate surface area is 160 Å². The molecular weight excluding hydrogens is 523 g/mol. The van der Waals surface area contributed by atoms with E-state index in [1.807, 2.05) is 4.74 Å². The number of hydrogen-bond acceptors (Lipinski definition) is 4. The first-order chi connectivity index (χ1) is 13.7. The fourth-order valence-electron chi connectivity index (χ4n) is 1.19. The number of alkyl halides is 14. The van der Waals surface area contributed by atoms with Crippen molar-refractivity contribution in [2.24, 2.45) is 0 Å². The number of ether oxygens (including phenoxy) is 3. The van der Waals surface area contributed by atoms with Crippen molar-refractivity contribution < 1.29 is 98.7 Å². The summed E-state index contributed by atoms with van der Waals surface area (Å²) in [5.41, 5.74) is 0. The molecule has 0 aromatic carbocycles. The molecule has 2 unspecified atom stereocenters. The first-order valence-electron chi connectivity index (χ1n) is 6.37. The molecule has 0 spiro atoms. The first kappa shape index (κ1) is 29.7. The van der Waals surface area contributed by atoms with Crippen molar-refractivity contribution in [3.63, 3.8) is 0 Å². The van der Waals surface area contributed by atoms with E-state index < -0.39 is 60.5 Å². The van der Waals surface area contributed by atoms with Gasteiger partial charge in [0.15, 0.2) is 0 Å². The van der Waals surface area contributed by atoms with Gasteiger partial charge in [-0.2, -0.15) is 74.6 Å². The zero-order chi connectivity index (χ0) is 26.4. The summed E-state index contributed by atoms with van der Waals surface area (Å²) >= 11 is 0. The summed E-state index contributed by atoms with van der Waals surface area (Å²) in [5, 5.41) is 7.91. The van der Waals surface area contributed by atoms with E-state index in [4.69, 9.17) is 5.11 Å². The molecule has 5 nitrogen and oxygen atoms in total. The minimum atomic E-state index is -7.98. The number of aliphatic carboxylic acids is 1. The Morgan fingerprint density at radius 1 is 0.594 bits per heavy atom. The van der Waals surface area contributed by atoms with Crippen molar-refractivity contribution in [2.45, 2.75) is 42.4 Å². The van der Waals surface area contributed by atoms with E-state index in [1.54, 1.807) is 4.74 Å². The lowest BCUT2D eigenvalue weighted by Gasteiger charge is -2.39. The predicted molar refractivity (Wildman–Crippen MR) is 55.9 cm³/mol. The van der Waals surface area contributed by atoms with Gasteiger partial charge in [-0.05, 0) is 0 Å². The van der Waals surface area contributed by atoms with Crippen LogP contribution in [-0.4, -0.2) is 53.5 Å². The summed E-state index contributed by atoms with van der Waals surface area (Å²) in [6.45, 7) is 0. The van der Waals surface area contributed by atoms with Gasteiger partial charge in [0.2, 0.25) is 0 Å². The van der Waals surface area contributed by atoms with E-state index in [0.717, 1.165) is 0 Å². The van der Waals surface area contributed by atoms with E-state index in [2.05, 4.69) is 0 Å². The SMILES string of the molecule is O=C(O)C(F)(OC(F)(F)C(F)(OC(F)(F)C(F)(F)OC(F)=C(F)F)C(F)(F)F)C(F)(F)F. The average Bonchev–Trinajstić information content (AvgIpc) is 2.50. The highest BCUT2D eigenvalue weighted by molar-refractivity contribution is 5.76. The van der Waals surface area contributed by atoms with Crippen LogP contribution in [0.3, 0.4) is 0 Å². The van der Waals surface area contributed by atoms with Crippen molar-refractivity contribution in [3.8, 4) is 0 Å². The molecule has 0 heterocycles. The zero-order valence-electron chi connectivity index (χ0n) is 13.5. The van der Waals surface area contributed by atoms with Crippen molar-refractivity contribution in [1.29, 1.82) is 0 Å². The van der Waals surface area contributed by atoms with Crippen molar-refractivity contribution in [2.75, 3.05) is 0 Å².